The third kappa shape index (κ3) is 5.00. The Labute approximate surface area is 190 Å². The Morgan fingerprint density at radius 2 is 1.85 bits per heavy atom. The van der Waals surface area contributed by atoms with Gasteiger partial charge in [-0.25, -0.2) is 9.97 Å². The summed E-state index contributed by atoms with van der Waals surface area (Å²) in [5.74, 6) is -0.0856. The summed E-state index contributed by atoms with van der Waals surface area (Å²) in [6.07, 6.45) is -4.30. The SMILES string of the molecule is Cc1ccc2oc(CCC(=O)O)nc2c1OCc1sc(-c2ccc(C(F)(F)F)cc2)nc1C. The third-order valence-electron chi connectivity index (χ3n) is 5.01. The lowest BCUT2D eigenvalue weighted by atomic mass is 10.1. The second-order valence-corrected chi connectivity index (χ2v) is 8.53. The van der Waals surface area contributed by atoms with E-state index in [9.17, 15) is 18.0 Å². The molecule has 172 valence electrons. The number of carboxylic acids is 1. The molecular weight excluding hydrogens is 457 g/mol. The van der Waals surface area contributed by atoms with Crippen molar-refractivity contribution in [1.82, 2.24) is 9.97 Å². The lowest BCUT2D eigenvalue weighted by Crippen LogP contribution is -2.03. The van der Waals surface area contributed by atoms with Crippen LogP contribution in [0, 0.1) is 13.8 Å². The molecule has 6 nitrogen and oxygen atoms in total. The highest BCUT2D eigenvalue weighted by atomic mass is 32.1. The van der Waals surface area contributed by atoms with E-state index in [0.29, 0.717) is 33.3 Å². The molecule has 1 N–H and O–H groups in total. The van der Waals surface area contributed by atoms with Crippen LogP contribution in [0.15, 0.2) is 40.8 Å². The summed E-state index contributed by atoms with van der Waals surface area (Å²) in [5, 5.41) is 9.47. The molecule has 0 atom stereocenters. The van der Waals surface area contributed by atoms with Gasteiger partial charge in [0.25, 0.3) is 0 Å². The molecule has 0 spiro atoms. The van der Waals surface area contributed by atoms with Gasteiger partial charge in [0.05, 0.1) is 22.6 Å². The normalized spacial score (nSPS) is 11.8. The Bertz CT molecular complexity index is 1310. The number of carboxylic acid groups (broad SMARTS) is 1. The quantitative estimate of drug-likeness (QED) is 0.343. The molecule has 0 amide bonds. The monoisotopic (exact) mass is 476 g/mol. The van der Waals surface area contributed by atoms with Crippen LogP contribution in [-0.2, 0) is 24.0 Å². The van der Waals surface area contributed by atoms with Crippen LogP contribution in [0.5, 0.6) is 5.75 Å². The maximum absolute atomic E-state index is 12.8. The van der Waals surface area contributed by atoms with Gasteiger partial charge in [0.15, 0.2) is 22.7 Å². The number of hydrogen-bond donors (Lipinski definition) is 1. The summed E-state index contributed by atoms with van der Waals surface area (Å²) < 4.78 is 50.1. The number of aryl methyl sites for hydroxylation is 3. The van der Waals surface area contributed by atoms with E-state index < -0.39 is 17.7 Å². The number of aliphatic carboxylic acids is 1. The zero-order valence-corrected chi connectivity index (χ0v) is 18.5. The molecule has 2 aromatic carbocycles. The van der Waals surface area contributed by atoms with Crippen molar-refractivity contribution in [2.24, 2.45) is 0 Å². The van der Waals surface area contributed by atoms with Gasteiger partial charge in [-0.15, -0.1) is 11.3 Å². The molecule has 4 aromatic rings. The molecule has 0 aliphatic carbocycles. The van der Waals surface area contributed by atoms with Crippen molar-refractivity contribution in [3.63, 3.8) is 0 Å². The fraction of sp³-hybridized carbons (Fsp3) is 0.261. The molecule has 2 aromatic heterocycles. The Morgan fingerprint density at radius 1 is 1.12 bits per heavy atom. The van der Waals surface area contributed by atoms with Crippen molar-refractivity contribution in [3.8, 4) is 16.3 Å². The molecular formula is C23H19F3N2O4S. The Kier molecular flexibility index (Phi) is 6.11. The minimum atomic E-state index is -4.39. The highest BCUT2D eigenvalue weighted by molar-refractivity contribution is 7.15. The van der Waals surface area contributed by atoms with Crippen LogP contribution in [0.4, 0.5) is 13.2 Å². The van der Waals surface area contributed by atoms with Gasteiger partial charge >= 0.3 is 12.1 Å². The largest absolute Gasteiger partial charge is 0.485 e. The molecule has 0 aliphatic rings. The van der Waals surface area contributed by atoms with Crippen molar-refractivity contribution in [2.45, 2.75) is 39.5 Å². The van der Waals surface area contributed by atoms with Gasteiger partial charge in [-0.1, -0.05) is 18.2 Å². The number of oxazole rings is 1. The van der Waals surface area contributed by atoms with Gasteiger partial charge in [-0.05, 0) is 37.6 Å². The van der Waals surface area contributed by atoms with Crippen LogP contribution in [-0.4, -0.2) is 21.0 Å². The first-order valence-corrected chi connectivity index (χ1v) is 10.8. The van der Waals surface area contributed by atoms with Crippen LogP contribution in [0.25, 0.3) is 21.7 Å². The molecule has 0 saturated heterocycles. The fourth-order valence-electron chi connectivity index (χ4n) is 3.24. The Morgan fingerprint density at radius 3 is 2.52 bits per heavy atom. The van der Waals surface area contributed by atoms with Crippen LogP contribution in [0.2, 0.25) is 0 Å². The zero-order chi connectivity index (χ0) is 23.8. The lowest BCUT2D eigenvalue weighted by Gasteiger charge is -2.08. The number of hydrogen-bond acceptors (Lipinski definition) is 6. The molecule has 0 bridgehead atoms. The molecule has 2 heterocycles. The number of halogens is 3. The van der Waals surface area contributed by atoms with E-state index in [0.717, 1.165) is 28.3 Å². The van der Waals surface area contributed by atoms with E-state index in [-0.39, 0.29) is 19.4 Å². The predicted octanol–water partition coefficient (Wildman–Crippen LogP) is 6.18. The van der Waals surface area contributed by atoms with Crippen molar-refractivity contribution in [1.29, 1.82) is 0 Å². The predicted molar refractivity (Wildman–Crippen MR) is 116 cm³/mol. The van der Waals surface area contributed by atoms with Crippen molar-refractivity contribution in [3.05, 3.63) is 64.0 Å². The second kappa shape index (κ2) is 8.86. The molecule has 0 fully saturated rings. The number of ether oxygens (including phenoxy) is 1. The van der Waals surface area contributed by atoms with E-state index in [1.54, 1.807) is 6.07 Å². The highest BCUT2D eigenvalue weighted by Crippen LogP contribution is 2.35. The van der Waals surface area contributed by atoms with Crippen LogP contribution >= 0.6 is 11.3 Å². The van der Waals surface area contributed by atoms with Crippen LogP contribution in [0.3, 0.4) is 0 Å². The first-order chi connectivity index (χ1) is 15.6. The molecule has 4 rings (SSSR count). The Hall–Kier alpha value is -3.40. The molecule has 0 unspecified atom stereocenters. The topological polar surface area (TPSA) is 85.5 Å². The fourth-order valence-corrected chi connectivity index (χ4v) is 4.23. The minimum absolute atomic E-state index is 0.0885. The highest BCUT2D eigenvalue weighted by Gasteiger charge is 2.30. The third-order valence-corrected chi connectivity index (χ3v) is 6.19. The van der Waals surface area contributed by atoms with Crippen molar-refractivity contribution in [2.75, 3.05) is 0 Å². The lowest BCUT2D eigenvalue weighted by molar-refractivity contribution is -0.138. The van der Waals surface area contributed by atoms with E-state index in [1.165, 1.54) is 23.5 Å². The first-order valence-electron chi connectivity index (χ1n) is 9.99. The van der Waals surface area contributed by atoms with Gasteiger partial charge in [0.1, 0.15) is 11.6 Å². The molecule has 0 aliphatic heterocycles. The average molecular weight is 476 g/mol. The minimum Gasteiger partial charge on any atom is -0.485 e. The summed E-state index contributed by atoms with van der Waals surface area (Å²) >= 11 is 1.35. The number of nitrogens with zero attached hydrogens (tertiary/aromatic N) is 2. The van der Waals surface area contributed by atoms with E-state index >= 15 is 0 Å². The maximum Gasteiger partial charge on any atom is 0.416 e. The van der Waals surface area contributed by atoms with Gasteiger partial charge in [-0.3, -0.25) is 4.79 Å². The molecule has 0 saturated carbocycles. The molecule has 0 radical (unpaired) electrons. The number of alkyl halides is 3. The number of carbonyl (C=O) groups is 1. The molecule has 10 heteroatoms. The standard InChI is InChI=1S/C23H19F3N2O4S/c1-12-3-8-16-20(28-18(32-16)9-10-19(29)30)21(12)31-11-17-13(2)27-22(33-17)14-4-6-15(7-5-14)23(24,25)26/h3-8H,9-11H2,1-2H3,(H,29,30). The average Bonchev–Trinajstić information content (AvgIpc) is 3.34. The van der Waals surface area contributed by atoms with Crippen molar-refractivity contribution < 1.29 is 32.2 Å². The first kappa shape index (κ1) is 22.8. The van der Waals surface area contributed by atoms with E-state index in [2.05, 4.69) is 9.97 Å². The van der Waals surface area contributed by atoms with Crippen LogP contribution < -0.4 is 4.74 Å². The van der Waals surface area contributed by atoms with Crippen molar-refractivity contribution >= 4 is 28.4 Å². The van der Waals surface area contributed by atoms with E-state index in [4.69, 9.17) is 14.3 Å². The van der Waals surface area contributed by atoms with Gasteiger partial charge in [-0.2, -0.15) is 13.2 Å². The number of rotatable bonds is 7. The van der Waals surface area contributed by atoms with Gasteiger partial charge < -0.3 is 14.3 Å². The summed E-state index contributed by atoms with van der Waals surface area (Å²) in [7, 11) is 0. The number of thiazole rings is 1. The summed E-state index contributed by atoms with van der Waals surface area (Å²) in [6, 6.07) is 8.49. The van der Waals surface area contributed by atoms with Crippen LogP contribution in [0.1, 0.15) is 34.0 Å². The number of aromatic nitrogens is 2. The summed E-state index contributed by atoms with van der Waals surface area (Å²) in [6.45, 7) is 3.88. The zero-order valence-electron chi connectivity index (χ0n) is 17.7. The Balaban J connectivity index is 1.54. The van der Waals surface area contributed by atoms with Gasteiger partial charge in [0.2, 0.25) is 0 Å². The maximum atomic E-state index is 12.8. The smallest absolute Gasteiger partial charge is 0.416 e. The summed E-state index contributed by atoms with van der Waals surface area (Å²) in [4.78, 5) is 20.5. The second-order valence-electron chi connectivity index (χ2n) is 7.45. The number of benzene rings is 2. The van der Waals surface area contributed by atoms with Gasteiger partial charge in [0, 0.05) is 12.0 Å². The summed E-state index contributed by atoms with van der Waals surface area (Å²) in [5.41, 5.74) is 2.47. The van der Waals surface area contributed by atoms with E-state index in [1.807, 2.05) is 19.9 Å². The molecule has 33 heavy (non-hydrogen) atoms. The number of fused-ring (bicyclic) bond motifs is 1.